The standard InChI is InChI=1S/C15H21N3O3/c1-18(2)13-6-3-10(9-12(13)16)15(20)21-8-7-14(19)17-11-4-5-11/h3,6,9,11H,4-5,7-8,16H2,1-2H3,(H,17,19). The molecule has 1 aromatic rings. The predicted molar refractivity (Wildman–Crippen MR) is 81.2 cm³/mol. The third-order valence-corrected chi connectivity index (χ3v) is 3.25. The van der Waals surface area contributed by atoms with Crippen molar-refractivity contribution in [2.45, 2.75) is 25.3 Å². The Morgan fingerprint density at radius 2 is 2.10 bits per heavy atom. The molecule has 1 aromatic carbocycles. The zero-order valence-electron chi connectivity index (χ0n) is 12.4. The van der Waals surface area contributed by atoms with Crippen molar-refractivity contribution in [3.8, 4) is 0 Å². The van der Waals surface area contributed by atoms with E-state index in [4.69, 9.17) is 10.5 Å². The third-order valence-electron chi connectivity index (χ3n) is 3.25. The number of rotatable bonds is 6. The van der Waals surface area contributed by atoms with Crippen LogP contribution in [0.2, 0.25) is 0 Å². The van der Waals surface area contributed by atoms with E-state index in [1.165, 1.54) is 0 Å². The lowest BCUT2D eigenvalue weighted by Crippen LogP contribution is -2.26. The van der Waals surface area contributed by atoms with Crippen LogP contribution in [0.1, 0.15) is 29.6 Å². The first-order valence-corrected chi connectivity index (χ1v) is 7.00. The van der Waals surface area contributed by atoms with Gasteiger partial charge in [0.1, 0.15) is 6.61 Å². The number of nitrogens with zero attached hydrogens (tertiary/aromatic N) is 1. The number of amides is 1. The summed E-state index contributed by atoms with van der Waals surface area (Å²) < 4.78 is 5.09. The highest BCUT2D eigenvalue weighted by molar-refractivity contribution is 5.92. The first-order chi connectivity index (χ1) is 9.97. The number of esters is 1. The summed E-state index contributed by atoms with van der Waals surface area (Å²) in [4.78, 5) is 25.2. The molecule has 1 saturated carbocycles. The molecule has 0 unspecified atom stereocenters. The van der Waals surface area contributed by atoms with Gasteiger partial charge in [-0.25, -0.2) is 4.79 Å². The van der Waals surface area contributed by atoms with Crippen molar-refractivity contribution < 1.29 is 14.3 Å². The van der Waals surface area contributed by atoms with E-state index in [9.17, 15) is 9.59 Å². The lowest BCUT2D eigenvalue weighted by atomic mass is 10.1. The number of nitrogen functional groups attached to an aromatic ring is 1. The summed E-state index contributed by atoms with van der Waals surface area (Å²) in [6, 6.07) is 5.35. The maximum atomic E-state index is 11.9. The van der Waals surface area contributed by atoms with Crippen LogP contribution in [0, 0.1) is 0 Å². The van der Waals surface area contributed by atoms with Crippen LogP contribution in [0.25, 0.3) is 0 Å². The number of hydrogen-bond donors (Lipinski definition) is 2. The maximum absolute atomic E-state index is 11.9. The van der Waals surface area contributed by atoms with Gasteiger partial charge >= 0.3 is 5.97 Å². The summed E-state index contributed by atoms with van der Waals surface area (Å²) in [7, 11) is 3.75. The van der Waals surface area contributed by atoms with Crippen molar-refractivity contribution in [2.24, 2.45) is 0 Å². The third kappa shape index (κ3) is 4.37. The molecule has 0 saturated heterocycles. The van der Waals surface area contributed by atoms with Crippen LogP contribution in [-0.2, 0) is 9.53 Å². The molecule has 0 atom stereocenters. The summed E-state index contributed by atoms with van der Waals surface area (Å²) in [6.07, 6.45) is 2.28. The average Bonchev–Trinajstić information content (AvgIpc) is 3.21. The Kier molecular flexibility index (Phi) is 4.67. The van der Waals surface area contributed by atoms with Gasteiger partial charge < -0.3 is 20.7 Å². The SMILES string of the molecule is CN(C)c1ccc(C(=O)OCCC(=O)NC2CC2)cc1N. The Morgan fingerprint density at radius 1 is 1.38 bits per heavy atom. The minimum atomic E-state index is -0.466. The highest BCUT2D eigenvalue weighted by Gasteiger charge is 2.23. The number of nitrogens with one attached hydrogen (secondary N) is 1. The number of anilines is 2. The number of ether oxygens (including phenoxy) is 1. The molecule has 0 spiro atoms. The van der Waals surface area contributed by atoms with Gasteiger partial charge in [-0.15, -0.1) is 0 Å². The zero-order valence-corrected chi connectivity index (χ0v) is 12.4. The van der Waals surface area contributed by atoms with Crippen LogP contribution >= 0.6 is 0 Å². The van der Waals surface area contributed by atoms with Crippen molar-refractivity contribution in [2.75, 3.05) is 31.3 Å². The summed E-state index contributed by atoms with van der Waals surface area (Å²) in [6.45, 7) is 0.0761. The molecule has 6 heteroatoms. The molecule has 1 fully saturated rings. The Hall–Kier alpha value is -2.24. The lowest BCUT2D eigenvalue weighted by molar-refractivity contribution is -0.121. The van der Waals surface area contributed by atoms with E-state index >= 15 is 0 Å². The van der Waals surface area contributed by atoms with E-state index in [1.807, 2.05) is 19.0 Å². The Balaban J connectivity index is 1.82. The molecule has 3 N–H and O–H groups in total. The summed E-state index contributed by atoms with van der Waals surface area (Å²) in [5.74, 6) is -0.543. The molecule has 1 amide bonds. The first-order valence-electron chi connectivity index (χ1n) is 7.00. The second kappa shape index (κ2) is 6.47. The maximum Gasteiger partial charge on any atom is 0.338 e. The fourth-order valence-corrected chi connectivity index (χ4v) is 1.94. The Morgan fingerprint density at radius 3 is 2.67 bits per heavy atom. The quantitative estimate of drug-likeness (QED) is 0.607. The van der Waals surface area contributed by atoms with Crippen molar-refractivity contribution in [1.82, 2.24) is 5.32 Å². The van der Waals surface area contributed by atoms with Gasteiger partial charge in [-0.05, 0) is 31.0 Å². The molecule has 0 aliphatic heterocycles. The minimum Gasteiger partial charge on any atom is -0.462 e. The van der Waals surface area contributed by atoms with Gasteiger partial charge in [0, 0.05) is 20.1 Å². The van der Waals surface area contributed by atoms with Crippen molar-refractivity contribution in [1.29, 1.82) is 0 Å². The van der Waals surface area contributed by atoms with Crippen LogP contribution in [0.4, 0.5) is 11.4 Å². The van der Waals surface area contributed by atoms with Crippen LogP contribution in [-0.4, -0.2) is 38.6 Å². The van der Waals surface area contributed by atoms with Gasteiger partial charge in [0.25, 0.3) is 0 Å². The van der Waals surface area contributed by atoms with Crippen LogP contribution in [0.5, 0.6) is 0 Å². The van der Waals surface area contributed by atoms with Gasteiger partial charge in [-0.3, -0.25) is 4.79 Å². The first kappa shape index (κ1) is 15.2. The second-order valence-electron chi connectivity index (χ2n) is 5.40. The van der Waals surface area contributed by atoms with Crippen molar-refractivity contribution >= 4 is 23.3 Å². The molecule has 1 aliphatic carbocycles. The normalized spacial score (nSPS) is 13.6. The number of hydrogen-bond acceptors (Lipinski definition) is 5. The van der Waals surface area contributed by atoms with E-state index in [0.717, 1.165) is 18.5 Å². The lowest BCUT2D eigenvalue weighted by Gasteiger charge is -2.15. The molecular formula is C15H21N3O3. The molecule has 1 aliphatic rings. The predicted octanol–water partition coefficient (Wildman–Crippen LogP) is 1.16. The van der Waals surface area contributed by atoms with Gasteiger partial charge in [-0.1, -0.05) is 0 Å². The highest BCUT2D eigenvalue weighted by Crippen LogP contribution is 2.22. The summed E-state index contributed by atoms with van der Waals surface area (Å²) in [5, 5.41) is 2.84. The number of carbonyl (C=O) groups excluding carboxylic acids is 2. The fourth-order valence-electron chi connectivity index (χ4n) is 1.94. The van der Waals surface area contributed by atoms with Crippen molar-refractivity contribution in [3.05, 3.63) is 23.8 Å². The van der Waals surface area contributed by atoms with Gasteiger partial charge in [0.15, 0.2) is 0 Å². The fraction of sp³-hybridized carbons (Fsp3) is 0.467. The summed E-state index contributed by atoms with van der Waals surface area (Å²) >= 11 is 0. The molecule has 0 heterocycles. The second-order valence-corrected chi connectivity index (χ2v) is 5.40. The van der Waals surface area contributed by atoms with E-state index in [1.54, 1.807) is 18.2 Å². The van der Waals surface area contributed by atoms with Crippen molar-refractivity contribution in [3.63, 3.8) is 0 Å². The molecule has 21 heavy (non-hydrogen) atoms. The molecule has 0 aromatic heterocycles. The van der Waals surface area contributed by atoms with Crippen LogP contribution < -0.4 is 16.0 Å². The molecule has 0 radical (unpaired) electrons. The number of benzene rings is 1. The zero-order chi connectivity index (χ0) is 15.4. The molecule has 2 rings (SSSR count). The molecule has 0 bridgehead atoms. The molecule has 6 nitrogen and oxygen atoms in total. The highest BCUT2D eigenvalue weighted by atomic mass is 16.5. The van der Waals surface area contributed by atoms with Crippen LogP contribution in [0.15, 0.2) is 18.2 Å². The minimum absolute atomic E-state index is 0.0761. The summed E-state index contributed by atoms with van der Waals surface area (Å²) in [5.41, 5.74) is 7.63. The topological polar surface area (TPSA) is 84.7 Å². The van der Waals surface area contributed by atoms with Gasteiger partial charge in [0.2, 0.25) is 5.91 Å². The average molecular weight is 291 g/mol. The van der Waals surface area contributed by atoms with E-state index in [0.29, 0.717) is 17.3 Å². The number of nitrogens with two attached hydrogens (primary N) is 1. The monoisotopic (exact) mass is 291 g/mol. The van der Waals surface area contributed by atoms with Crippen LogP contribution in [0.3, 0.4) is 0 Å². The van der Waals surface area contributed by atoms with E-state index in [-0.39, 0.29) is 18.9 Å². The molecular weight excluding hydrogens is 270 g/mol. The van der Waals surface area contributed by atoms with Gasteiger partial charge in [-0.2, -0.15) is 0 Å². The van der Waals surface area contributed by atoms with E-state index < -0.39 is 5.97 Å². The Labute approximate surface area is 124 Å². The van der Waals surface area contributed by atoms with E-state index in [2.05, 4.69) is 5.32 Å². The molecule has 114 valence electrons. The smallest absolute Gasteiger partial charge is 0.338 e. The largest absolute Gasteiger partial charge is 0.462 e. The Bertz CT molecular complexity index is 539. The van der Waals surface area contributed by atoms with Gasteiger partial charge in [0.05, 0.1) is 23.4 Å². The number of carbonyl (C=O) groups is 2.